The molecule has 9 heteroatoms. The molecule has 0 radical (unpaired) electrons. The van der Waals surface area contributed by atoms with Gasteiger partial charge in [0.15, 0.2) is 17.5 Å². The molecule has 0 atom stereocenters. The maximum absolute atomic E-state index is 13.6. The lowest BCUT2D eigenvalue weighted by molar-refractivity contribution is -0.118. The number of pyridine rings is 1. The number of benzene rings is 2. The minimum atomic E-state index is -1.48. The van der Waals surface area contributed by atoms with Crippen LogP contribution in [0.3, 0.4) is 0 Å². The molecule has 0 unspecified atom stereocenters. The van der Waals surface area contributed by atoms with Gasteiger partial charge in [0, 0.05) is 44.0 Å². The number of amides is 2. The quantitative estimate of drug-likeness (QED) is 0.410. The molecule has 1 aliphatic heterocycles. The number of halogens is 3. The van der Waals surface area contributed by atoms with Crippen molar-refractivity contribution in [1.82, 2.24) is 15.6 Å². The highest BCUT2D eigenvalue weighted by Crippen LogP contribution is 2.35. The van der Waals surface area contributed by atoms with Crippen LogP contribution in [0, 0.1) is 17.5 Å². The van der Waals surface area contributed by atoms with Gasteiger partial charge < -0.3 is 15.5 Å². The smallest absolute Gasteiger partial charge is 0.251 e. The number of hydrogen-bond donors (Lipinski definition) is 2. The minimum Gasteiger partial charge on any atom is -0.355 e. The number of aromatic nitrogens is 1. The molecule has 4 rings (SSSR count). The first-order valence-corrected chi connectivity index (χ1v) is 10.8. The van der Waals surface area contributed by atoms with Crippen molar-refractivity contribution in [3.05, 3.63) is 88.4 Å². The second-order valence-electron chi connectivity index (χ2n) is 8.02. The maximum atomic E-state index is 13.6. The highest BCUT2D eigenvalue weighted by Gasteiger charge is 2.26. The van der Waals surface area contributed by atoms with E-state index in [4.69, 9.17) is 0 Å². The summed E-state index contributed by atoms with van der Waals surface area (Å²) < 4.78 is 40.4. The number of hydrogen-bond acceptors (Lipinski definition) is 4. The van der Waals surface area contributed by atoms with E-state index in [9.17, 15) is 22.8 Å². The van der Waals surface area contributed by atoms with Crippen LogP contribution in [-0.2, 0) is 17.6 Å². The Morgan fingerprint density at radius 3 is 2.47 bits per heavy atom. The van der Waals surface area contributed by atoms with Gasteiger partial charge >= 0.3 is 0 Å². The number of fused-ring (bicyclic) bond motifs is 1. The Kier molecular flexibility index (Phi) is 6.81. The molecule has 0 fully saturated rings. The van der Waals surface area contributed by atoms with E-state index in [-0.39, 0.29) is 18.2 Å². The number of nitrogens with zero attached hydrogens (tertiary/aromatic N) is 2. The van der Waals surface area contributed by atoms with Crippen LogP contribution in [0.5, 0.6) is 0 Å². The lowest BCUT2D eigenvalue weighted by atomic mass is 10.0. The van der Waals surface area contributed by atoms with Crippen LogP contribution in [0.4, 0.5) is 24.7 Å². The summed E-state index contributed by atoms with van der Waals surface area (Å²) in [6.45, 7) is 2.70. The highest BCUT2D eigenvalue weighted by atomic mass is 19.2. The SMILES string of the molecule is CC(=O)NCCNC(=O)c1cccc2c1CCN2c1cc(Cc2cc(F)c(F)c(F)c2)ccn1. The lowest BCUT2D eigenvalue weighted by Crippen LogP contribution is -2.34. The van der Waals surface area contributed by atoms with Crippen LogP contribution in [0.25, 0.3) is 0 Å². The first kappa shape index (κ1) is 23.3. The summed E-state index contributed by atoms with van der Waals surface area (Å²) in [5, 5.41) is 5.45. The monoisotopic (exact) mass is 468 g/mol. The lowest BCUT2D eigenvalue weighted by Gasteiger charge is -2.19. The molecule has 1 aliphatic rings. The summed E-state index contributed by atoms with van der Waals surface area (Å²) >= 11 is 0. The summed E-state index contributed by atoms with van der Waals surface area (Å²) in [6.07, 6.45) is 2.46. The predicted molar refractivity (Wildman–Crippen MR) is 122 cm³/mol. The second-order valence-corrected chi connectivity index (χ2v) is 8.02. The molecular formula is C25H23F3N4O2. The van der Waals surface area contributed by atoms with Gasteiger partial charge in [0.2, 0.25) is 5.91 Å². The minimum absolute atomic E-state index is 0.157. The molecule has 0 saturated heterocycles. The predicted octanol–water partition coefficient (Wildman–Crippen LogP) is 3.65. The van der Waals surface area contributed by atoms with E-state index in [0.717, 1.165) is 28.9 Å². The average molecular weight is 468 g/mol. The van der Waals surface area contributed by atoms with Crippen molar-refractivity contribution in [3.63, 3.8) is 0 Å². The largest absolute Gasteiger partial charge is 0.355 e. The Balaban J connectivity index is 1.52. The van der Waals surface area contributed by atoms with Crippen molar-refractivity contribution < 1.29 is 22.8 Å². The molecule has 6 nitrogen and oxygen atoms in total. The van der Waals surface area contributed by atoms with Gasteiger partial charge in [0.05, 0.1) is 0 Å². The van der Waals surface area contributed by atoms with Gasteiger partial charge in [-0.25, -0.2) is 18.2 Å². The zero-order valence-electron chi connectivity index (χ0n) is 18.5. The molecular weight excluding hydrogens is 445 g/mol. The Bertz CT molecular complexity index is 1230. The molecule has 34 heavy (non-hydrogen) atoms. The fraction of sp³-hybridized carbons (Fsp3) is 0.240. The zero-order valence-corrected chi connectivity index (χ0v) is 18.5. The number of carbonyl (C=O) groups is 2. The number of nitrogens with one attached hydrogen (secondary N) is 2. The van der Waals surface area contributed by atoms with Crippen LogP contribution in [0.1, 0.15) is 34.0 Å². The standard InChI is InChI=1S/C25H23F3N4O2/c1-15(33)29-8-9-31-25(34)19-3-2-4-22-18(19)6-10-32(22)23-14-16(5-7-30-23)11-17-12-20(26)24(28)21(27)13-17/h2-5,7,12-14H,6,8-11H2,1H3,(H,29,33)(H,31,34). The molecule has 2 N–H and O–H groups in total. The molecule has 0 saturated carbocycles. The average Bonchev–Trinajstić information content (AvgIpc) is 3.24. The molecule has 0 spiro atoms. The highest BCUT2D eigenvalue weighted by molar-refractivity contribution is 5.98. The Labute approximate surface area is 194 Å². The summed E-state index contributed by atoms with van der Waals surface area (Å²) in [5.41, 5.74) is 3.40. The van der Waals surface area contributed by atoms with Crippen LogP contribution in [0.2, 0.25) is 0 Å². The summed E-state index contributed by atoms with van der Waals surface area (Å²) in [5.74, 6) is -3.66. The van der Waals surface area contributed by atoms with Crippen molar-refractivity contribution in [3.8, 4) is 0 Å². The number of carbonyl (C=O) groups excluding carboxylic acids is 2. The maximum Gasteiger partial charge on any atom is 0.251 e. The summed E-state index contributed by atoms with van der Waals surface area (Å²) in [6, 6.07) is 11.0. The molecule has 1 aromatic heterocycles. The molecule has 3 aromatic rings. The zero-order chi connectivity index (χ0) is 24.2. The fourth-order valence-corrected chi connectivity index (χ4v) is 4.06. The van der Waals surface area contributed by atoms with Gasteiger partial charge in [-0.3, -0.25) is 9.59 Å². The summed E-state index contributed by atoms with van der Waals surface area (Å²) in [7, 11) is 0. The number of anilines is 2. The normalized spacial score (nSPS) is 12.4. The van der Waals surface area contributed by atoms with E-state index in [0.29, 0.717) is 43.0 Å². The van der Waals surface area contributed by atoms with E-state index in [1.807, 2.05) is 17.0 Å². The van der Waals surface area contributed by atoms with Crippen LogP contribution < -0.4 is 15.5 Å². The Hall–Kier alpha value is -3.88. The van der Waals surface area contributed by atoms with Gasteiger partial charge in [-0.05, 0) is 65.9 Å². The van der Waals surface area contributed by atoms with Crippen molar-refractivity contribution in [2.45, 2.75) is 19.8 Å². The summed E-state index contributed by atoms with van der Waals surface area (Å²) in [4.78, 5) is 30.1. The molecule has 2 aromatic carbocycles. The van der Waals surface area contributed by atoms with Gasteiger partial charge in [-0.2, -0.15) is 0 Å². The molecule has 176 valence electrons. The van der Waals surface area contributed by atoms with Gasteiger partial charge in [0.25, 0.3) is 5.91 Å². The van der Waals surface area contributed by atoms with Gasteiger partial charge in [-0.1, -0.05) is 6.07 Å². The van der Waals surface area contributed by atoms with E-state index in [1.54, 1.807) is 24.4 Å². The van der Waals surface area contributed by atoms with Crippen LogP contribution >= 0.6 is 0 Å². The molecule has 0 aliphatic carbocycles. The Morgan fingerprint density at radius 2 is 1.74 bits per heavy atom. The van der Waals surface area contributed by atoms with Crippen molar-refractivity contribution in [1.29, 1.82) is 0 Å². The van der Waals surface area contributed by atoms with Crippen LogP contribution in [0.15, 0.2) is 48.7 Å². The van der Waals surface area contributed by atoms with E-state index in [1.165, 1.54) is 6.92 Å². The van der Waals surface area contributed by atoms with Gasteiger partial charge in [-0.15, -0.1) is 0 Å². The third-order valence-electron chi connectivity index (χ3n) is 5.59. The second kappa shape index (κ2) is 9.94. The third-order valence-corrected chi connectivity index (χ3v) is 5.59. The Morgan fingerprint density at radius 1 is 1.00 bits per heavy atom. The van der Waals surface area contributed by atoms with E-state index in [2.05, 4.69) is 15.6 Å². The molecule has 2 heterocycles. The molecule has 2 amide bonds. The number of rotatable bonds is 7. The van der Waals surface area contributed by atoms with Crippen molar-refractivity contribution in [2.75, 3.05) is 24.5 Å². The van der Waals surface area contributed by atoms with E-state index < -0.39 is 17.5 Å². The third kappa shape index (κ3) is 5.03. The first-order chi connectivity index (χ1) is 16.3. The fourth-order valence-electron chi connectivity index (χ4n) is 4.06. The first-order valence-electron chi connectivity index (χ1n) is 10.8. The van der Waals surface area contributed by atoms with Crippen molar-refractivity contribution >= 4 is 23.3 Å². The molecule has 0 bridgehead atoms. The van der Waals surface area contributed by atoms with Gasteiger partial charge in [0.1, 0.15) is 5.82 Å². The van der Waals surface area contributed by atoms with Crippen molar-refractivity contribution in [2.24, 2.45) is 0 Å². The van der Waals surface area contributed by atoms with Crippen LogP contribution in [-0.4, -0.2) is 36.4 Å². The topological polar surface area (TPSA) is 74.3 Å². The van der Waals surface area contributed by atoms with E-state index >= 15 is 0 Å².